The zero-order chi connectivity index (χ0) is 15.4. The molecule has 0 unspecified atom stereocenters. The number of para-hydroxylation sites is 1. The Kier molecular flexibility index (Phi) is 4.83. The van der Waals surface area contributed by atoms with E-state index in [-0.39, 0.29) is 15.6 Å². The molecule has 2 rings (SSSR count). The van der Waals surface area contributed by atoms with Gasteiger partial charge in [0.05, 0.1) is 21.3 Å². The summed E-state index contributed by atoms with van der Waals surface area (Å²) in [6, 6.07) is 12.1. The van der Waals surface area contributed by atoms with Crippen LogP contribution in [0.5, 0.6) is 0 Å². The van der Waals surface area contributed by atoms with E-state index in [1.807, 2.05) is 30.3 Å². The first kappa shape index (κ1) is 15.4. The molecule has 0 atom stereocenters. The Morgan fingerprint density at radius 2 is 1.62 bits per heavy atom. The smallest absolute Gasteiger partial charge is 0.345 e. The number of rotatable bonds is 3. The first-order valence-electron chi connectivity index (χ1n) is 6.01. The molecule has 0 bridgehead atoms. The van der Waals surface area contributed by atoms with Gasteiger partial charge in [-0.3, -0.25) is 4.79 Å². The number of halogens is 2. The third kappa shape index (κ3) is 3.97. The van der Waals surface area contributed by atoms with Crippen molar-refractivity contribution < 1.29 is 14.3 Å². The van der Waals surface area contributed by atoms with Gasteiger partial charge in [0.15, 0.2) is 0 Å². The molecule has 21 heavy (non-hydrogen) atoms. The van der Waals surface area contributed by atoms with Crippen LogP contribution in [0.15, 0.2) is 42.5 Å². The number of ether oxygens (including phenoxy) is 1. The molecule has 0 spiro atoms. The predicted octanol–water partition coefficient (Wildman–Crippen LogP) is 4.44. The van der Waals surface area contributed by atoms with E-state index in [1.165, 1.54) is 12.1 Å². The number of anilines is 2. The summed E-state index contributed by atoms with van der Waals surface area (Å²) in [7, 11) is 0. The van der Waals surface area contributed by atoms with Crippen molar-refractivity contribution in [1.29, 1.82) is 0 Å². The van der Waals surface area contributed by atoms with E-state index in [0.29, 0.717) is 5.69 Å². The summed E-state index contributed by atoms with van der Waals surface area (Å²) >= 11 is 12.3. The fraction of sp³-hybridized carbons (Fsp3) is 0.0667. The van der Waals surface area contributed by atoms with E-state index < -0.39 is 11.9 Å². The highest BCUT2D eigenvalue weighted by Crippen LogP contribution is 2.34. The molecule has 4 nitrogen and oxygen atoms in total. The van der Waals surface area contributed by atoms with Crippen molar-refractivity contribution >= 4 is 46.5 Å². The van der Waals surface area contributed by atoms with Crippen molar-refractivity contribution in [2.75, 3.05) is 5.32 Å². The van der Waals surface area contributed by atoms with Gasteiger partial charge in [0.1, 0.15) is 0 Å². The highest BCUT2D eigenvalue weighted by molar-refractivity contribution is 6.39. The normalized spacial score (nSPS) is 10.0. The molecule has 6 heteroatoms. The van der Waals surface area contributed by atoms with Gasteiger partial charge in [-0.25, -0.2) is 4.79 Å². The van der Waals surface area contributed by atoms with Gasteiger partial charge in [-0.1, -0.05) is 41.4 Å². The Bertz CT molecular complexity index is 664. The molecule has 2 aromatic rings. The number of benzene rings is 2. The van der Waals surface area contributed by atoms with Crippen molar-refractivity contribution in [3.8, 4) is 0 Å². The van der Waals surface area contributed by atoms with Crippen LogP contribution < -0.4 is 5.32 Å². The lowest BCUT2D eigenvalue weighted by Crippen LogP contribution is -2.09. The van der Waals surface area contributed by atoms with Crippen LogP contribution in [0.25, 0.3) is 0 Å². The molecule has 0 amide bonds. The van der Waals surface area contributed by atoms with Gasteiger partial charge >= 0.3 is 11.9 Å². The molecule has 0 fully saturated rings. The molecule has 2 aromatic carbocycles. The summed E-state index contributed by atoms with van der Waals surface area (Å²) in [4.78, 5) is 22.4. The van der Waals surface area contributed by atoms with Crippen LogP contribution in [0.3, 0.4) is 0 Å². The van der Waals surface area contributed by atoms with Crippen LogP contribution in [0.2, 0.25) is 10.0 Å². The number of hydrogen-bond donors (Lipinski definition) is 1. The molecule has 0 aliphatic heterocycles. The highest BCUT2D eigenvalue weighted by atomic mass is 35.5. The topological polar surface area (TPSA) is 55.4 Å². The van der Waals surface area contributed by atoms with E-state index in [1.54, 1.807) is 0 Å². The van der Waals surface area contributed by atoms with Gasteiger partial charge < -0.3 is 10.1 Å². The zero-order valence-corrected chi connectivity index (χ0v) is 12.5. The lowest BCUT2D eigenvalue weighted by Gasteiger charge is -2.11. The molecule has 0 aliphatic carbocycles. The second-order valence-corrected chi connectivity index (χ2v) is 5.00. The summed E-state index contributed by atoms with van der Waals surface area (Å²) < 4.78 is 4.49. The molecule has 0 aromatic heterocycles. The number of esters is 2. The van der Waals surface area contributed by atoms with Crippen molar-refractivity contribution in [2.45, 2.75) is 6.92 Å². The highest BCUT2D eigenvalue weighted by Gasteiger charge is 2.15. The van der Waals surface area contributed by atoms with Crippen molar-refractivity contribution in [3.05, 3.63) is 58.1 Å². The first-order valence-corrected chi connectivity index (χ1v) is 6.77. The molecule has 1 N–H and O–H groups in total. The van der Waals surface area contributed by atoms with Gasteiger partial charge in [-0.15, -0.1) is 0 Å². The number of carbonyl (C=O) groups excluding carboxylic acids is 2. The minimum Gasteiger partial charge on any atom is -0.390 e. The van der Waals surface area contributed by atoms with Gasteiger partial charge in [-0.2, -0.15) is 0 Å². The van der Waals surface area contributed by atoms with E-state index in [0.717, 1.165) is 12.6 Å². The molecule has 0 saturated carbocycles. The minimum atomic E-state index is -0.794. The molecular formula is C15H11Cl2NO3. The molecule has 0 saturated heterocycles. The average molecular weight is 324 g/mol. The average Bonchev–Trinajstić information content (AvgIpc) is 2.43. The largest absolute Gasteiger partial charge is 0.390 e. The van der Waals surface area contributed by atoms with Gasteiger partial charge in [0.25, 0.3) is 0 Å². The Balaban J connectivity index is 2.29. The van der Waals surface area contributed by atoms with E-state index >= 15 is 0 Å². The lowest BCUT2D eigenvalue weighted by atomic mass is 10.2. The Morgan fingerprint density at radius 3 is 2.14 bits per heavy atom. The SMILES string of the molecule is CC(=O)OC(=O)c1cc(Cl)c(Nc2ccccc2)c(Cl)c1. The zero-order valence-electron chi connectivity index (χ0n) is 11.0. The molecule has 0 radical (unpaired) electrons. The fourth-order valence-corrected chi connectivity index (χ4v) is 2.25. The maximum Gasteiger partial charge on any atom is 0.345 e. The van der Waals surface area contributed by atoms with Crippen LogP contribution in [0.4, 0.5) is 11.4 Å². The van der Waals surface area contributed by atoms with Gasteiger partial charge in [-0.05, 0) is 24.3 Å². The number of carbonyl (C=O) groups is 2. The fourth-order valence-electron chi connectivity index (χ4n) is 1.67. The monoisotopic (exact) mass is 323 g/mol. The Hall–Kier alpha value is -2.04. The first-order chi connectivity index (χ1) is 9.97. The van der Waals surface area contributed by atoms with Crippen molar-refractivity contribution in [3.63, 3.8) is 0 Å². The van der Waals surface area contributed by atoms with Crippen molar-refractivity contribution in [2.24, 2.45) is 0 Å². The maximum absolute atomic E-state index is 11.6. The lowest BCUT2D eigenvalue weighted by molar-refractivity contribution is -0.135. The summed E-state index contributed by atoms with van der Waals surface area (Å²) in [5, 5.41) is 3.57. The molecular weight excluding hydrogens is 313 g/mol. The molecule has 108 valence electrons. The Morgan fingerprint density at radius 1 is 1.05 bits per heavy atom. The number of nitrogens with one attached hydrogen (secondary N) is 1. The van der Waals surface area contributed by atoms with Crippen molar-refractivity contribution in [1.82, 2.24) is 0 Å². The molecule has 0 heterocycles. The predicted molar refractivity (Wildman–Crippen MR) is 82.3 cm³/mol. The second-order valence-electron chi connectivity index (χ2n) is 4.19. The quantitative estimate of drug-likeness (QED) is 0.670. The van der Waals surface area contributed by atoms with Crippen LogP contribution in [0.1, 0.15) is 17.3 Å². The summed E-state index contributed by atoms with van der Waals surface area (Å²) in [6.45, 7) is 1.15. The van der Waals surface area contributed by atoms with Crippen LogP contribution in [0, 0.1) is 0 Å². The third-order valence-corrected chi connectivity index (χ3v) is 3.15. The standard InChI is InChI=1S/C15H11Cl2NO3/c1-9(19)21-15(20)10-7-12(16)14(13(17)8-10)18-11-5-3-2-4-6-11/h2-8,18H,1H3. The maximum atomic E-state index is 11.6. The summed E-state index contributed by atoms with van der Waals surface area (Å²) in [5.74, 6) is -1.49. The number of hydrogen-bond acceptors (Lipinski definition) is 4. The second kappa shape index (κ2) is 6.61. The van der Waals surface area contributed by atoms with Gasteiger partial charge in [0.2, 0.25) is 0 Å². The minimum absolute atomic E-state index is 0.110. The van der Waals surface area contributed by atoms with E-state index in [9.17, 15) is 9.59 Å². The summed E-state index contributed by atoms with van der Waals surface area (Å²) in [6.07, 6.45) is 0. The summed E-state index contributed by atoms with van der Waals surface area (Å²) in [5.41, 5.74) is 1.39. The third-order valence-electron chi connectivity index (χ3n) is 2.56. The molecule has 0 aliphatic rings. The van der Waals surface area contributed by atoms with Crippen LogP contribution >= 0.6 is 23.2 Å². The van der Waals surface area contributed by atoms with Crippen LogP contribution in [-0.2, 0) is 9.53 Å². The van der Waals surface area contributed by atoms with Gasteiger partial charge in [0, 0.05) is 12.6 Å². The van der Waals surface area contributed by atoms with Crippen LogP contribution in [-0.4, -0.2) is 11.9 Å². The van der Waals surface area contributed by atoms with E-state index in [2.05, 4.69) is 10.1 Å². The Labute approximate surface area is 131 Å². The van der Waals surface area contributed by atoms with E-state index in [4.69, 9.17) is 23.2 Å².